The Morgan fingerprint density at radius 1 is 1.09 bits per heavy atom. The van der Waals surface area contributed by atoms with Crippen molar-refractivity contribution >= 4 is 17.0 Å². The summed E-state index contributed by atoms with van der Waals surface area (Å²) in [4.78, 5) is 5.89. The number of aryl methyl sites for hydroxylation is 1. The highest BCUT2D eigenvalue weighted by molar-refractivity contribution is 7.07. The summed E-state index contributed by atoms with van der Waals surface area (Å²) in [6.07, 6.45) is 0.968. The number of methoxy groups -OCH3 is 2. The molecule has 7 nitrogen and oxygen atoms in total. The van der Waals surface area contributed by atoms with Crippen molar-refractivity contribution in [3.63, 3.8) is 0 Å². The van der Waals surface area contributed by atoms with Gasteiger partial charge in [-0.2, -0.15) is 0 Å². The summed E-state index contributed by atoms with van der Waals surface area (Å²) in [5, 5.41) is 5.56. The lowest BCUT2D eigenvalue weighted by Gasteiger charge is -2.11. The van der Waals surface area contributed by atoms with Crippen molar-refractivity contribution in [3.8, 4) is 28.5 Å². The Balaban J connectivity index is 1.67. The van der Waals surface area contributed by atoms with Crippen molar-refractivity contribution in [2.75, 3.05) is 40.7 Å². The van der Waals surface area contributed by atoms with Gasteiger partial charge in [-0.1, -0.05) is 6.07 Å². The van der Waals surface area contributed by atoms with E-state index in [1.54, 1.807) is 25.6 Å². The quantitative estimate of drug-likeness (QED) is 0.466. The van der Waals surface area contributed by atoms with Crippen molar-refractivity contribution in [1.29, 1.82) is 0 Å². The van der Waals surface area contributed by atoms with Crippen LogP contribution in [0.2, 0.25) is 0 Å². The summed E-state index contributed by atoms with van der Waals surface area (Å²) in [6.45, 7) is 5.61. The number of benzene rings is 2. The maximum Gasteiger partial charge on any atom is 0.231 e. The third-order valence-corrected chi connectivity index (χ3v) is 6.10. The number of rotatable bonds is 10. The second-order valence-corrected chi connectivity index (χ2v) is 8.34. The van der Waals surface area contributed by atoms with Gasteiger partial charge in [0.1, 0.15) is 11.4 Å². The molecule has 0 amide bonds. The van der Waals surface area contributed by atoms with E-state index in [1.165, 1.54) is 0 Å². The number of hydrogen-bond acceptors (Lipinski definition) is 7. The molecule has 0 atom stereocenters. The first-order chi connectivity index (χ1) is 15.7. The van der Waals surface area contributed by atoms with Crippen LogP contribution in [-0.2, 0) is 11.3 Å². The largest absolute Gasteiger partial charge is 0.494 e. The highest BCUT2D eigenvalue weighted by Crippen LogP contribution is 2.36. The maximum absolute atomic E-state index is 5.59. The Kier molecular flexibility index (Phi) is 7.47. The molecule has 1 aliphatic rings. The summed E-state index contributed by atoms with van der Waals surface area (Å²) in [5.74, 6) is 2.34. The van der Waals surface area contributed by atoms with Gasteiger partial charge in [0.25, 0.3) is 0 Å². The third-order valence-electron chi connectivity index (χ3n) is 5.24. The van der Waals surface area contributed by atoms with Gasteiger partial charge in [0, 0.05) is 31.1 Å². The minimum atomic E-state index is 0.267. The zero-order chi connectivity index (χ0) is 22.3. The van der Waals surface area contributed by atoms with Crippen LogP contribution in [0.5, 0.6) is 17.2 Å². The second kappa shape index (κ2) is 10.7. The molecule has 0 fully saturated rings. The number of thiazole rings is 1. The second-order valence-electron chi connectivity index (χ2n) is 7.51. The molecule has 170 valence electrons. The summed E-state index contributed by atoms with van der Waals surface area (Å²) in [5.41, 5.74) is 4.15. The molecule has 8 heteroatoms. The van der Waals surface area contributed by atoms with Crippen LogP contribution in [0, 0.1) is 6.92 Å². The van der Waals surface area contributed by atoms with E-state index in [1.807, 2.05) is 31.2 Å². The number of aromatic nitrogens is 1. The normalized spacial score (nSPS) is 13.0. The molecular weight excluding hydrogens is 426 g/mol. The van der Waals surface area contributed by atoms with E-state index in [9.17, 15) is 0 Å². The minimum absolute atomic E-state index is 0.267. The van der Waals surface area contributed by atoms with Gasteiger partial charge in [0.2, 0.25) is 6.79 Å². The minimum Gasteiger partial charge on any atom is -0.494 e. The van der Waals surface area contributed by atoms with Crippen LogP contribution in [0.4, 0.5) is 5.69 Å². The molecular formula is C24H29N3O4S. The van der Waals surface area contributed by atoms with E-state index in [0.29, 0.717) is 6.61 Å². The van der Waals surface area contributed by atoms with Crippen molar-refractivity contribution in [2.45, 2.75) is 19.9 Å². The molecule has 1 N–H and O–H groups in total. The monoisotopic (exact) mass is 455 g/mol. The molecule has 0 radical (unpaired) electrons. The average Bonchev–Trinajstić information content (AvgIpc) is 3.43. The van der Waals surface area contributed by atoms with Crippen LogP contribution in [0.25, 0.3) is 11.3 Å². The fourth-order valence-electron chi connectivity index (χ4n) is 3.56. The first-order valence-corrected chi connectivity index (χ1v) is 11.5. The summed E-state index contributed by atoms with van der Waals surface area (Å²) < 4.78 is 24.0. The number of hydrogen-bond donors (Lipinski definition) is 1. The van der Waals surface area contributed by atoms with Crippen LogP contribution in [0.3, 0.4) is 0 Å². The summed E-state index contributed by atoms with van der Waals surface area (Å²) in [7, 11) is 3.40. The highest BCUT2D eigenvalue weighted by atomic mass is 32.1. The fraction of sp³-hybridized carbons (Fsp3) is 0.375. The molecule has 0 saturated heterocycles. The van der Waals surface area contributed by atoms with E-state index in [4.69, 9.17) is 23.9 Å². The van der Waals surface area contributed by atoms with Gasteiger partial charge in [-0.05, 0) is 55.8 Å². The Morgan fingerprint density at radius 3 is 2.81 bits per heavy atom. The van der Waals surface area contributed by atoms with Crippen LogP contribution in [0.15, 0.2) is 46.8 Å². The molecule has 1 aromatic heterocycles. The zero-order valence-corrected chi connectivity index (χ0v) is 19.5. The number of nitrogens with one attached hydrogen (secondary N) is 1. The Morgan fingerprint density at radius 2 is 1.97 bits per heavy atom. The fourth-order valence-corrected chi connectivity index (χ4v) is 4.51. The molecule has 0 saturated carbocycles. The number of ether oxygens (including phenoxy) is 4. The first-order valence-electron chi connectivity index (χ1n) is 10.7. The zero-order valence-electron chi connectivity index (χ0n) is 18.7. The van der Waals surface area contributed by atoms with Crippen molar-refractivity contribution in [1.82, 2.24) is 9.88 Å². The van der Waals surface area contributed by atoms with Gasteiger partial charge in [0.05, 0.1) is 19.4 Å². The predicted molar refractivity (Wildman–Crippen MR) is 126 cm³/mol. The van der Waals surface area contributed by atoms with Gasteiger partial charge in [-0.15, -0.1) is 11.3 Å². The van der Waals surface area contributed by atoms with Gasteiger partial charge < -0.3 is 28.8 Å². The van der Waals surface area contributed by atoms with Gasteiger partial charge in [-0.25, -0.2) is 4.99 Å². The molecule has 0 unspecified atom stereocenters. The lowest BCUT2D eigenvalue weighted by atomic mass is 10.1. The van der Waals surface area contributed by atoms with Gasteiger partial charge >= 0.3 is 0 Å². The van der Waals surface area contributed by atoms with Crippen molar-refractivity contribution < 1.29 is 18.9 Å². The summed E-state index contributed by atoms with van der Waals surface area (Å²) >= 11 is 1.62. The van der Waals surface area contributed by atoms with E-state index >= 15 is 0 Å². The van der Waals surface area contributed by atoms with Crippen LogP contribution >= 0.6 is 11.3 Å². The SMILES string of the molecule is COCCNCCCn1c(-c2ccc3c(c2)OCO3)cs/c1=N\c1ccc(C)cc1OC. The van der Waals surface area contributed by atoms with Crippen LogP contribution in [0.1, 0.15) is 12.0 Å². The van der Waals surface area contributed by atoms with E-state index < -0.39 is 0 Å². The average molecular weight is 456 g/mol. The third kappa shape index (κ3) is 5.15. The van der Waals surface area contributed by atoms with Crippen LogP contribution in [-0.4, -0.2) is 45.3 Å². The number of fused-ring (bicyclic) bond motifs is 1. The number of nitrogens with zero attached hydrogens (tertiary/aromatic N) is 2. The molecule has 4 rings (SSSR count). The molecule has 2 aromatic carbocycles. The Hall–Kier alpha value is -2.81. The maximum atomic E-state index is 5.59. The molecule has 3 aromatic rings. The van der Waals surface area contributed by atoms with E-state index in [0.717, 1.165) is 70.6 Å². The molecule has 0 spiro atoms. The molecule has 1 aliphatic heterocycles. The smallest absolute Gasteiger partial charge is 0.231 e. The Bertz CT molecular complexity index is 1120. The lowest BCUT2D eigenvalue weighted by Crippen LogP contribution is -2.23. The molecule has 32 heavy (non-hydrogen) atoms. The Labute approximate surface area is 192 Å². The standard InChI is InChI=1S/C24H29N3O4S/c1-17-5-7-19(22(13-17)29-3)26-24-27(11-4-9-25-10-12-28-2)20(15-32-24)18-6-8-21-23(14-18)31-16-30-21/h5-8,13-15,25H,4,9-12,16H2,1-3H3/b26-24-. The molecule has 0 bridgehead atoms. The van der Waals surface area contributed by atoms with E-state index in [-0.39, 0.29) is 6.79 Å². The van der Waals surface area contributed by atoms with Crippen molar-refractivity contribution in [3.05, 3.63) is 52.1 Å². The van der Waals surface area contributed by atoms with Gasteiger partial charge in [-0.3, -0.25) is 0 Å². The highest BCUT2D eigenvalue weighted by Gasteiger charge is 2.16. The lowest BCUT2D eigenvalue weighted by molar-refractivity contribution is 0.174. The van der Waals surface area contributed by atoms with Gasteiger partial charge in [0.15, 0.2) is 16.3 Å². The molecule has 0 aliphatic carbocycles. The van der Waals surface area contributed by atoms with Crippen LogP contribution < -0.4 is 24.3 Å². The summed E-state index contributed by atoms with van der Waals surface area (Å²) in [6, 6.07) is 12.1. The predicted octanol–water partition coefficient (Wildman–Crippen LogP) is 4.12. The topological polar surface area (TPSA) is 66.2 Å². The molecule has 2 heterocycles. The first kappa shape index (κ1) is 22.4. The van der Waals surface area contributed by atoms with E-state index in [2.05, 4.69) is 27.4 Å². The van der Waals surface area contributed by atoms with Crippen molar-refractivity contribution in [2.24, 2.45) is 4.99 Å².